The number of carbonyl (C=O) groups is 2. The van der Waals surface area contributed by atoms with Crippen LogP contribution in [0.1, 0.15) is 60.5 Å². The zero-order valence-corrected chi connectivity index (χ0v) is 21.5. The van der Waals surface area contributed by atoms with Gasteiger partial charge in [-0.1, -0.05) is 13.8 Å². The molecule has 0 saturated carbocycles. The highest BCUT2D eigenvalue weighted by atomic mass is 19.4. The molecule has 1 atom stereocenters. The first-order chi connectivity index (χ1) is 16.4. The van der Waals surface area contributed by atoms with Crippen molar-refractivity contribution in [1.82, 2.24) is 14.9 Å². The molecule has 1 aromatic heterocycles. The number of amides is 2. The molecule has 0 fully saturated rings. The maximum absolute atomic E-state index is 14.0. The number of anilines is 1. The molecule has 0 bridgehead atoms. The molecule has 36 heavy (non-hydrogen) atoms. The molecule has 1 aromatic carbocycles. The van der Waals surface area contributed by atoms with Gasteiger partial charge in [0.05, 0.1) is 16.8 Å². The van der Waals surface area contributed by atoms with Crippen LogP contribution in [0.4, 0.5) is 23.8 Å². The number of halogens is 3. The Labute approximate surface area is 208 Å². The highest BCUT2D eigenvalue weighted by Crippen LogP contribution is 2.40. The number of ether oxygens (including phenoxy) is 1. The number of carboxylic acid groups (broad SMARTS) is 1. The van der Waals surface area contributed by atoms with E-state index >= 15 is 0 Å². The fourth-order valence-electron chi connectivity index (χ4n) is 4.46. The smallest absolute Gasteiger partial charge is 0.419 e. The number of hydrogen-bond donors (Lipinski definition) is 2. The summed E-state index contributed by atoms with van der Waals surface area (Å²) in [5, 5.41) is 12.4. The molecule has 11 heteroatoms. The van der Waals surface area contributed by atoms with Gasteiger partial charge in [0, 0.05) is 24.1 Å². The first-order valence-electron chi connectivity index (χ1n) is 11.4. The van der Waals surface area contributed by atoms with Crippen LogP contribution in [0.5, 0.6) is 5.75 Å². The molecule has 2 N–H and O–H groups in total. The average molecular weight is 511 g/mol. The van der Waals surface area contributed by atoms with Crippen molar-refractivity contribution in [3.8, 4) is 17.0 Å². The van der Waals surface area contributed by atoms with Gasteiger partial charge >= 0.3 is 12.3 Å². The number of alkyl halides is 3. The second-order valence-electron chi connectivity index (χ2n) is 10.4. The summed E-state index contributed by atoms with van der Waals surface area (Å²) in [7, 11) is 0. The third kappa shape index (κ3) is 7.32. The van der Waals surface area contributed by atoms with E-state index in [9.17, 15) is 27.9 Å². The van der Waals surface area contributed by atoms with Crippen LogP contribution in [0.3, 0.4) is 0 Å². The van der Waals surface area contributed by atoms with Gasteiger partial charge in [-0.25, -0.2) is 14.8 Å². The molecule has 0 aliphatic rings. The van der Waals surface area contributed by atoms with Gasteiger partial charge in [-0.15, -0.1) is 0 Å². The molecule has 1 heterocycles. The summed E-state index contributed by atoms with van der Waals surface area (Å²) < 4.78 is 47.8. The summed E-state index contributed by atoms with van der Waals surface area (Å²) in [6.45, 7) is 11.7. The summed E-state index contributed by atoms with van der Waals surface area (Å²) in [6.07, 6.45) is -4.41. The van der Waals surface area contributed by atoms with Crippen LogP contribution < -0.4 is 10.1 Å². The van der Waals surface area contributed by atoms with Gasteiger partial charge in [0.15, 0.2) is 0 Å². The molecular weight excluding hydrogens is 477 g/mol. The number of nitrogens with zero attached hydrogens (tertiary/aromatic N) is 3. The fraction of sp³-hybridized carbons (Fsp3) is 0.520. The van der Waals surface area contributed by atoms with E-state index in [-0.39, 0.29) is 35.5 Å². The van der Waals surface area contributed by atoms with Crippen LogP contribution in [-0.2, 0) is 11.0 Å². The second-order valence-corrected chi connectivity index (χ2v) is 10.4. The molecule has 198 valence electrons. The van der Waals surface area contributed by atoms with Gasteiger partial charge in [-0.05, 0) is 58.2 Å². The summed E-state index contributed by atoms with van der Waals surface area (Å²) in [6, 6.07) is 4.89. The van der Waals surface area contributed by atoms with E-state index in [1.807, 2.05) is 13.8 Å². The molecule has 0 radical (unpaired) electrons. The van der Waals surface area contributed by atoms with Crippen LogP contribution in [-0.4, -0.2) is 49.7 Å². The molecule has 0 saturated heterocycles. The van der Waals surface area contributed by atoms with Gasteiger partial charge in [-0.2, -0.15) is 13.2 Å². The van der Waals surface area contributed by atoms with Crippen LogP contribution in [0, 0.1) is 5.92 Å². The highest BCUT2D eigenvalue weighted by Gasteiger charge is 2.44. The van der Waals surface area contributed by atoms with Crippen molar-refractivity contribution in [2.24, 2.45) is 5.92 Å². The van der Waals surface area contributed by atoms with Crippen molar-refractivity contribution < 1.29 is 32.6 Å². The molecule has 2 amide bonds. The highest BCUT2D eigenvalue weighted by molar-refractivity contribution is 5.88. The minimum Gasteiger partial charge on any atom is -0.491 e. The normalized spacial score (nSPS) is 13.8. The Balaban J connectivity index is 2.48. The number of rotatable bonds is 8. The van der Waals surface area contributed by atoms with Crippen LogP contribution in [0.2, 0.25) is 0 Å². The average Bonchev–Trinajstić information content (AvgIpc) is 2.69. The lowest BCUT2D eigenvalue weighted by atomic mass is 9.86. The van der Waals surface area contributed by atoms with E-state index in [0.29, 0.717) is 6.42 Å². The maximum Gasteiger partial charge on any atom is 0.419 e. The largest absolute Gasteiger partial charge is 0.491 e. The van der Waals surface area contributed by atoms with Gasteiger partial charge in [0.2, 0.25) is 5.91 Å². The first-order valence-corrected chi connectivity index (χ1v) is 11.4. The first kappa shape index (κ1) is 28.9. The van der Waals surface area contributed by atoms with E-state index in [1.54, 1.807) is 27.7 Å². The zero-order chi connectivity index (χ0) is 27.5. The van der Waals surface area contributed by atoms with Crippen molar-refractivity contribution in [2.75, 3.05) is 11.9 Å². The van der Waals surface area contributed by atoms with Crippen LogP contribution in [0.25, 0.3) is 11.3 Å². The minimum absolute atomic E-state index is 0.0582. The molecular formula is C25H33F3N4O4. The lowest BCUT2D eigenvalue weighted by molar-refractivity contribution is -0.139. The Morgan fingerprint density at radius 2 is 1.75 bits per heavy atom. The zero-order valence-electron chi connectivity index (χ0n) is 21.5. The molecule has 0 aliphatic heterocycles. The van der Waals surface area contributed by atoms with Crippen molar-refractivity contribution >= 4 is 17.8 Å². The Bertz CT molecular complexity index is 1100. The minimum atomic E-state index is -4.75. The monoisotopic (exact) mass is 510 g/mol. The van der Waals surface area contributed by atoms with Gasteiger partial charge < -0.3 is 15.2 Å². The maximum atomic E-state index is 14.0. The van der Waals surface area contributed by atoms with E-state index in [4.69, 9.17) is 4.74 Å². The van der Waals surface area contributed by atoms with Gasteiger partial charge in [-0.3, -0.25) is 9.69 Å². The third-order valence-corrected chi connectivity index (χ3v) is 5.34. The van der Waals surface area contributed by atoms with Crippen molar-refractivity contribution in [2.45, 2.75) is 72.1 Å². The molecule has 0 aliphatic carbocycles. The number of hydrogen-bond acceptors (Lipinski definition) is 5. The van der Waals surface area contributed by atoms with Crippen LogP contribution in [0.15, 0.2) is 30.6 Å². The number of carbonyl (C=O) groups excluding carboxylic acids is 1. The van der Waals surface area contributed by atoms with Gasteiger partial charge in [0.25, 0.3) is 0 Å². The Morgan fingerprint density at radius 1 is 1.11 bits per heavy atom. The molecule has 2 aromatic rings. The predicted octanol–water partition coefficient (Wildman–Crippen LogP) is 6.08. The van der Waals surface area contributed by atoms with Crippen LogP contribution >= 0.6 is 0 Å². The Kier molecular flexibility index (Phi) is 8.59. The summed E-state index contributed by atoms with van der Waals surface area (Å²) >= 11 is 0. The van der Waals surface area contributed by atoms with E-state index in [1.165, 1.54) is 30.0 Å². The Morgan fingerprint density at radius 3 is 2.25 bits per heavy atom. The number of benzene rings is 1. The summed E-state index contributed by atoms with van der Waals surface area (Å²) in [4.78, 5) is 32.6. The van der Waals surface area contributed by atoms with E-state index in [0.717, 1.165) is 12.4 Å². The number of nitrogens with one attached hydrogen (secondary N) is 1. The summed E-state index contributed by atoms with van der Waals surface area (Å²) in [5.41, 5.74) is -2.60. The van der Waals surface area contributed by atoms with E-state index in [2.05, 4.69) is 15.3 Å². The lowest BCUT2D eigenvalue weighted by Crippen LogP contribution is -2.61. The third-order valence-electron chi connectivity index (χ3n) is 5.34. The molecule has 2 rings (SSSR count). The fourth-order valence-corrected chi connectivity index (χ4v) is 4.46. The SMILES string of the molecule is CC(=O)Nc1cc(-c2ccc(OC[C@](C)(CC(C)C)N(C(=O)O)C(C)(C)C)c(C(F)(F)F)c2)ncn1. The standard InChI is InChI=1S/C25H33F3N4O4/c1-15(2)12-24(7,32(22(34)35)23(4,5)6)13-36-20-9-8-17(10-18(20)25(26,27)28)19-11-21(30-14-29-19)31-16(3)33/h8-11,14-15H,12-13H2,1-7H3,(H,34,35)(H,29,30,31,33)/t24-/m0/s1. The van der Waals surface area contributed by atoms with Crippen molar-refractivity contribution in [1.29, 1.82) is 0 Å². The number of aromatic nitrogens is 2. The topological polar surface area (TPSA) is 105 Å². The van der Waals surface area contributed by atoms with E-state index < -0.39 is 34.7 Å². The lowest BCUT2D eigenvalue weighted by Gasteiger charge is -2.47. The molecule has 8 nitrogen and oxygen atoms in total. The van der Waals surface area contributed by atoms with Crippen molar-refractivity contribution in [3.05, 3.63) is 36.2 Å². The summed E-state index contributed by atoms with van der Waals surface area (Å²) in [5.74, 6) is -0.587. The quantitative estimate of drug-likeness (QED) is 0.446. The predicted molar refractivity (Wildman–Crippen MR) is 130 cm³/mol. The molecule has 0 unspecified atom stereocenters. The van der Waals surface area contributed by atoms with Crippen molar-refractivity contribution in [3.63, 3.8) is 0 Å². The Hall–Kier alpha value is -3.37. The molecule has 0 spiro atoms. The second kappa shape index (κ2) is 10.7. The van der Waals surface area contributed by atoms with Gasteiger partial charge in [0.1, 0.15) is 24.5 Å².